The van der Waals surface area contributed by atoms with E-state index < -0.39 is 5.82 Å². The molecule has 0 bridgehead atoms. The van der Waals surface area contributed by atoms with Crippen LogP contribution in [0.3, 0.4) is 0 Å². The fraction of sp³-hybridized carbons (Fsp3) is 0.125. The fourth-order valence-electron chi connectivity index (χ4n) is 1.06. The zero-order chi connectivity index (χ0) is 9.42. The van der Waals surface area contributed by atoms with E-state index >= 15 is 0 Å². The van der Waals surface area contributed by atoms with Gasteiger partial charge in [-0.25, -0.2) is 4.39 Å². The molecule has 0 atom stereocenters. The molecule has 1 aromatic carbocycles. The Labute approximate surface area is 81.8 Å². The molecule has 0 N–H and O–H groups in total. The second-order valence-corrected chi connectivity index (χ2v) is 3.19. The van der Waals surface area contributed by atoms with E-state index in [1.807, 2.05) is 0 Å². The summed E-state index contributed by atoms with van der Waals surface area (Å²) in [6, 6.07) is 3.05. The van der Waals surface area contributed by atoms with Gasteiger partial charge in [0.25, 0.3) is 0 Å². The minimum atomic E-state index is -0.619. The largest absolute Gasteiger partial charge is 0.453 e. The van der Waals surface area contributed by atoms with Crippen molar-refractivity contribution in [3.63, 3.8) is 0 Å². The van der Waals surface area contributed by atoms with E-state index in [2.05, 4.69) is 15.9 Å². The standard InChI is InChI=1S/C8H3BrFNO2/c9-6-7(10)4(2-11)1-5-8(6)13-3-12-5/h1H,3H2. The predicted octanol–water partition coefficient (Wildman–Crippen LogP) is 2.19. The smallest absolute Gasteiger partial charge is 0.231 e. The summed E-state index contributed by atoms with van der Waals surface area (Å²) >= 11 is 2.99. The van der Waals surface area contributed by atoms with Gasteiger partial charge in [0, 0.05) is 6.07 Å². The van der Waals surface area contributed by atoms with Crippen molar-refractivity contribution < 1.29 is 13.9 Å². The van der Waals surface area contributed by atoms with Gasteiger partial charge >= 0.3 is 0 Å². The highest BCUT2D eigenvalue weighted by molar-refractivity contribution is 9.10. The summed E-state index contributed by atoms with van der Waals surface area (Å²) in [6.07, 6.45) is 0. The molecule has 0 radical (unpaired) electrons. The van der Waals surface area contributed by atoms with Crippen molar-refractivity contribution in [1.29, 1.82) is 5.26 Å². The Bertz CT molecular complexity index is 410. The van der Waals surface area contributed by atoms with Gasteiger partial charge in [0.15, 0.2) is 17.3 Å². The molecule has 1 heterocycles. The van der Waals surface area contributed by atoms with Gasteiger partial charge in [-0.15, -0.1) is 0 Å². The molecule has 2 rings (SSSR count). The predicted molar refractivity (Wildman–Crippen MR) is 44.9 cm³/mol. The molecule has 0 spiro atoms. The van der Waals surface area contributed by atoms with Crippen LogP contribution in [0.15, 0.2) is 10.5 Å². The van der Waals surface area contributed by atoms with Crippen LogP contribution < -0.4 is 9.47 Å². The lowest BCUT2D eigenvalue weighted by molar-refractivity contribution is 0.173. The molecule has 0 fully saturated rings. The maximum Gasteiger partial charge on any atom is 0.231 e. The van der Waals surface area contributed by atoms with Gasteiger partial charge < -0.3 is 9.47 Å². The van der Waals surface area contributed by atoms with Crippen LogP contribution in [0.1, 0.15) is 5.56 Å². The molecular formula is C8H3BrFNO2. The molecule has 0 amide bonds. The van der Waals surface area contributed by atoms with E-state index in [0.29, 0.717) is 11.5 Å². The maximum absolute atomic E-state index is 13.3. The Hall–Kier alpha value is -1.28. The van der Waals surface area contributed by atoms with Crippen LogP contribution >= 0.6 is 15.9 Å². The Kier molecular flexibility index (Phi) is 1.85. The number of fused-ring (bicyclic) bond motifs is 1. The van der Waals surface area contributed by atoms with Crippen molar-refractivity contribution in [2.45, 2.75) is 0 Å². The van der Waals surface area contributed by atoms with Crippen molar-refractivity contribution in [3.05, 3.63) is 21.9 Å². The summed E-state index contributed by atoms with van der Waals surface area (Å²) in [7, 11) is 0. The number of hydrogen-bond donors (Lipinski definition) is 0. The van der Waals surface area contributed by atoms with Gasteiger partial charge in [0.2, 0.25) is 6.79 Å². The lowest BCUT2D eigenvalue weighted by atomic mass is 10.2. The van der Waals surface area contributed by atoms with E-state index in [-0.39, 0.29) is 16.8 Å². The highest BCUT2D eigenvalue weighted by Gasteiger charge is 2.22. The molecule has 5 heteroatoms. The first kappa shape index (κ1) is 8.32. The minimum Gasteiger partial charge on any atom is -0.453 e. The van der Waals surface area contributed by atoms with Crippen molar-refractivity contribution in [2.24, 2.45) is 0 Å². The third-order valence-electron chi connectivity index (χ3n) is 1.67. The normalized spacial score (nSPS) is 12.7. The van der Waals surface area contributed by atoms with Crippen LogP contribution in [0.5, 0.6) is 11.5 Å². The van der Waals surface area contributed by atoms with E-state index in [9.17, 15) is 4.39 Å². The molecule has 3 nitrogen and oxygen atoms in total. The second-order valence-electron chi connectivity index (χ2n) is 2.40. The Morgan fingerprint density at radius 2 is 2.31 bits per heavy atom. The van der Waals surface area contributed by atoms with Gasteiger partial charge in [-0.05, 0) is 15.9 Å². The number of rotatable bonds is 0. The van der Waals surface area contributed by atoms with E-state index in [4.69, 9.17) is 14.7 Å². The molecule has 0 aromatic heterocycles. The Morgan fingerprint density at radius 1 is 1.54 bits per heavy atom. The summed E-state index contributed by atoms with van der Waals surface area (Å²) in [5.74, 6) is 0.0908. The van der Waals surface area contributed by atoms with Crippen molar-refractivity contribution in [1.82, 2.24) is 0 Å². The highest BCUT2D eigenvalue weighted by atomic mass is 79.9. The maximum atomic E-state index is 13.3. The molecule has 0 aliphatic carbocycles. The summed E-state index contributed by atoms with van der Waals surface area (Å²) in [5.41, 5.74) is -0.0591. The van der Waals surface area contributed by atoms with Gasteiger partial charge in [-0.2, -0.15) is 5.26 Å². The molecule has 1 aliphatic heterocycles. The summed E-state index contributed by atoms with van der Waals surface area (Å²) in [4.78, 5) is 0. The summed E-state index contributed by atoms with van der Waals surface area (Å²) < 4.78 is 23.4. The van der Waals surface area contributed by atoms with Crippen LogP contribution in [0.25, 0.3) is 0 Å². The summed E-state index contributed by atoms with van der Waals surface area (Å²) in [5, 5.41) is 8.57. The van der Waals surface area contributed by atoms with Crippen LogP contribution in [0, 0.1) is 17.1 Å². The first-order chi connectivity index (χ1) is 6.24. The van der Waals surface area contributed by atoms with Gasteiger partial charge in [0.05, 0.1) is 5.56 Å². The molecule has 0 unspecified atom stereocenters. The molecule has 0 saturated carbocycles. The van der Waals surface area contributed by atoms with Crippen molar-refractivity contribution in [2.75, 3.05) is 6.79 Å². The number of nitriles is 1. The zero-order valence-electron chi connectivity index (χ0n) is 6.30. The third kappa shape index (κ3) is 1.14. The first-order valence-corrected chi connectivity index (χ1v) is 4.21. The Morgan fingerprint density at radius 3 is 3.00 bits per heavy atom. The second kappa shape index (κ2) is 2.89. The SMILES string of the molecule is N#Cc1cc2c(c(Br)c1F)OCO2. The van der Waals surface area contributed by atoms with E-state index in [0.717, 1.165) is 0 Å². The highest BCUT2D eigenvalue weighted by Crippen LogP contribution is 2.41. The zero-order valence-corrected chi connectivity index (χ0v) is 7.89. The molecule has 13 heavy (non-hydrogen) atoms. The van der Waals surface area contributed by atoms with Crippen LogP contribution in [0.2, 0.25) is 0 Å². The first-order valence-electron chi connectivity index (χ1n) is 3.41. The monoisotopic (exact) mass is 243 g/mol. The number of benzene rings is 1. The quantitative estimate of drug-likeness (QED) is 0.702. The van der Waals surface area contributed by atoms with Crippen molar-refractivity contribution in [3.8, 4) is 17.6 Å². The number of ether oxygens (including phenoxy) is 2. The molecule has 66 valence electrons. The lowest BCUT2D eigenvalue weighted by Crippen LogP contribution is -1.93. The van der Waals surface area contributed by atoms with E-state index in [1.165, 1.54) is 6.07 Å². The molecular weight excluding hydrogens is 241 g/mol. The van der Waals surface area contributed by atoms with Crippen LogP contribution in [-0.2, 0) is 0 Å². The molecule has 1 aromatic rings. The minimum absolute atomic E-state index is 0.0578. The van der Waals surface area contributed by atoms with Gasteiger partial charge in [-0.3, -0.25) is 0 Å². The number of hydrogen-bond acceptors (Lipinski definition) is 3. The number of halogens is 2. The van der Waals surface area contributed by atoms with Crippen LogP contribution in [-0.4, -0.2) is 6.79 Å². The van der Waals surface area contributed by atoms with Gasteiger partial charge in [0.1, 0.15) is 10.5 Å². The average Bonchev–Trinajstić information content (AvgIpc) is 2.59. The fourth-order valence-corrected chi connectivity index (χ4v) is 1.58. The Balaban J connectivity index is 2.70. The van der Waals surface area contributed by atoms with E-state index in [1.54, 1.807) is 6.07 Å². The number of nitrogens with zero attached hydrogens (tertiary/aromatic N) is 1. The average molecular weight is 244 g/mol. The molecule has 0 saturated heterocycles. The lowest BCUT2D eigenvalue weighted by Gasteiger charge is -2.01. The summed E-state index contributed by atoms with van der Waals surface area (Å²) in [6.45, 7) is 0.0578. The van der Waals surface area contributed by atoms with Crippen LogP contribution in [0.4, 0.5) is 4.39 Å². The van der Waals surface area contributed by atoms with Crippen molar-refractivity contribution >= 4 is 15.9 Å². The van der Waals surface area contributed by atoms with Gasteiger partial charge in [-0.1, -0.05) is 0 Å². The topological polar surface area (TPSA) is 42.2 Å². The third-order valence-corrected chi connectivity index (χ3v) is 2.37. The molecule has 1 aliphatic rings.